The Hall–Kier alpha value is -3.02. The van der Waals surface area contributed by atoms with Gasteiger partial charge in [0.15, 0.2) is 0 Å². The van der Waals surface area contributed by atoms with Crippen LogP contribution in [0.15, 0.2) is 48.5 Å². The lowest BCUT2D eigenvalue weighted by molar-refractivity contribution is -0.136. The summed E-state index contributed by atoms with van der Waals surface area (Å²) < 4.78 is 5.67. The van der Waals surface area contributed by atoms with E-state index in [0.29, 0.717) is 37.9 Å². The lowest BCUT2D eigenvalue weighted by Crippen LogP contribution is -2.42. The topological polar surface area (TPSA) is 70.1 Å². The van der Waals surface area contributed by atoms with Gasteiger partial charge in [-0.2, -0.15) is 0 Å². The van der Waals surface area contributed by atoms with E-state index in [1.165, 1.54) is 5.56 Å². The number of carbonyl (C=O) groups is 2. The minimum atomic E-state index is -0.308. The van der Waals surface area contributed by atoms with Gasteiger partial charge in [0.25, 0.3) is 0 Å². The first-order valence-electron chi connectivity index (χ1n) is 10.7. The molecule has 2 aromatic rings. The molecule has 0 bridgehead atoms. The largest absolute Gasteiger partial charge is 0.508 e. The van der Waals surface area contributed by atoms with Crippen LogP contribution < -0.4 is 9.64 Å². The third kappa shape index (κ3) is 4.13. The van der Waals surface area contributed by atoms with Crippen molar-refractivity contribution in [3.63, 3.8) is 0 Å². The van der Waals surface area contributed by atoms with E-state index in [0.717, 1.165) is 18.5 Å². The van der Waals surface area contributed by atoms with Crippen molar-refractivity contribution >= 4 is 17.5 Å². The Morgan fingerprint density at radius 2 is 1.80 bits per heavy atom. The van der Waals surface area contributed by atoms with Crippen molar-refractivity contribution in [3.05, 3.63) is 54.1 Å². The number of hydrogen-bond donors (Lipinski definition) is 1. The molecule has 0 radical (unpaired) electrons. The Bertz CT molecular complexity index is 904. The highest BCUT2D eigenvalue weighted by molar-refractivity contribution is 6.01. The molecule has 0 spiro atoms. The van der Waals surface area contributed by atoms with Crippen LogP contribution in [0.4, 0.5) is 5.69 Å². The van der Waals surface area contributed by atoms with Crippen molar-refractivity contribution in [2.24, 2.45) is 5.92 Å². The number of para-hydroxylation sites is 2. The van der Waals surface area contributed by atoms with Crippen molar-refractivity contribution < 1.29 is 19.4 Å². The van der Waals surface area contributed by atoms with Gasteiger partial charge in [0, 0.05) is 26.1 Å². The third-order valence-electron chi connectivity index (χ3n) is 6.10. The van der Waals surface area contributed by atoms with E-state index in [1.807, 2.05) is 48.2 Å². The molecule has 2 heterocycles. The number of rotatable bonds is 5. The zero-order valence-corrected chi connectivity index (χ0v) is 17.3. The first-order valence-corrected chi connectivity index (χ1v) is 10.7. The van der Waals surface area contributed by atoms with Crippen LogP contribution in [0.25, 0.3) is 0 Å². The highest BCUT2D eigenvalue weighted by Gasteiger charge is 2.39. The fourth-order valence-corrected chi connectivity index (χ4v) is 4.50. The summed E-state index contributed by atoms with van der Waals surface area (Å²) in [6.07, 6.45) is 2.04. The number of nitrogens with zero attached hydrogens (tertiary/aromatic N) is 2. The van der Waals surface area contributed by atoms with Gasteiger partial charge >= 0.3 is 0 Å². The zero-order valence-electron chi connectivity index (χ0n) is 17.3. The molecule has 1 N–H and O–H groups in total. The molecule has 158 valence electrons. The third-order valence-corrected chi connectivity index (χ3v) is 6.10. The number of amides is 2. The van der Waals surface area contributed by atoms with Gasteiger partial charge in [-0.3, -0.25) is 9.59 Å². The van der Waals surface area contributed by atoms with E-state index in [4.69, 9.17) is 4.74 Å². The Labute approximate surface area is 177 Å². The quantitative estimate of drug-likeness (QED) is 0.821. The number of benzene rings is 2. The van der Waals surface area contributed by atoms with Crippen LogP contribution in [-0.2, 0) is 9.59 Å². The van der Waals surface area contributed by atoms with Crippen LogP contribution >= 0.6 is 0 Å². The molecule has 0 saturated carbocycles. The van der Waals surface area contributed by atoms with Gasteiger partial charge in [0.05, 0.1) is 18.2 Å². The Morgan fingerprint density at radius 3 is 2.50 bits per heavy atom. The molecular formula is C24H28N2O4. The summed E-state index contributed by atoms with van der Waals surface area (Å²) >= 11 is 0. The first kappa shape index (κ1) is 20.3. The molecule has 0 aromatic heterocycles. The summed E-state index contributed by atoms with van der Waals surface area (Å²) in [7, 11) is 0. The highest BCUT2D eigenvalue weighted by Crippen LogP contribution is 2.35. The van der Waals surface area contributed by atoms with Gasteiger partial charge < -0.3 is 19.6 Å². The highest BCUT2D eigenvalue weighted by atomic mass is 16.5. The van der Waals surface area contributed by atoms with Crippen molar-refractivity contribution in [1.29, 1.82) is 0 Å². The molecule has 2 aliphatic rings. The van der Waals surface area contributed by atoms with Gasteiger partial charge in [-0.25, -0.2) is 0 Å². The maximum Gasteiger partial charge on any atom is 0.228 e. The molecule has 2 aromatic carbocycles. The predicted octanol–water partition coefficient (Wildman–Crippen LogP) is 3.55. The van der Waals surface area contributed by atoms with E-state index >= 15 is 0 Å². The average molecular weight is 408 g/mol. The number of ether oxygens (including phenoxy) is 1. The van der Waals surface area contributed by atoms with Crippen molar-refractivity contribution in [3.8, 4) is 11.5 Å². The molecule has 2 aliphatic heterocycles. The fraction of sp³-hybridized carbons (Fsp3) is 0.417. The van der Waals surface area contributed by atoms with Gasteiger partial charge in [-0.05, 0) is 55.5 Å². The predicted molar refractivity (Wildman–Crippen MR) is 115 cm³/mol. The average Bonchev–Trinajstić information content (AvgIpc) is 3.16. The second-order valence-corrected chi connectivity index (χ2v) is 8.00. The minimum Gasteiger partial charge on any atom is -0.508 e. The Kier molecular flexibility index (Phi) is 5.93. The zero-order chi connectivity index (χ0) is 21.1. The molecule has 1 atom stereocenters. The lowest BCUT2D eigenvalue weighted by Gasteiger charge is -2.33. The number of hydrogen-bond acceptors (Lipinski definition) is 4. The SMILES string of the molecule is CCOc1ccccc1N1CC(C(=O)N2CCC(c3ccc(O)cc3)CC2)CC1=O. The molecular weight excluding hydrogens is 380 g/mol. The van der Waals surface area contributed by atoms with Crippen LogP contribution in [-0.4, -0.2) is 48.1 Å². The molecule has 2 saturated heterocycles. The van der Waals surface area contributed by atoms with E-state index in [9.17, 15) is 14.7 Å². The van der Waals surface area contributed by atoms with E-state index in [1.54, 1.807) is 17.0 Å². The first-order chi connectivity index (χ1) is 14.6. The molecule has 4 rings (SSSR count). The fourth-order valence-electron chi connectivity index (χ4n) is 4.50. The summed E-state index contributed by atoms with van der Waals surface area (Å²) in [5.41, 5.74) is 1.94. The molecule has 30 heavy (non-hydrogen) atoms. The van der Waals surface area contributed by atoms with Crippen LogP contribution in [0.3, 0.4) is 0 Å². The van der Waals surface area contributed by atoms with Crippen molar-refractivity contribution in [2.45, 2.75) is 32.1 Å². The van der Waals surface area contributed by atoms with Crippen molar-refractivity contribution in [1.82, 2.24) is 4.90 Å². The van der Waals surface area contributed by atoms with E-state index in [2.05, 4.69) is 0 Å². The van der Waals surface area contributed by atoms with Crippen LogP contribution in [0.5, 0.6) is 11.5 Å². The summed E-state index contributed by atoms with van der Waals surface area (Å²) in [4.78, 5) is 29.4. The minimum absolute atomic E-state index is 0.0283. The summed E-state index contributed by atoms with van der Waals surface area (Å²) in [5.74, 6) is 1.08. The van der Waals surface area contributed by atoms with Gasteiger partial charge in [0.1, 0.15) is 11.5 Å². The van der Waals surface area contributed by atoms with Gasteiger partial charge in [0.2, 0.25) is 11.8 Å². The lowest BCUT2D eigenvalue weighted by atomic mass is 9.89. The number of phenolic OH excluding ortho intramolecular Hbond substituents is 1. The van der Waals surface area contributed by atoms with E-state index in [-0.39, 0.29) is 29.9 Å². The maximum absolute atomic E-state index is 13.1. The normalized spacial score (nSPS) is 19.9. The number of phenols is 1. The maximum atomic E-state index is 13.1. The summed E-state index contributed by atoms with van der Waals surface area (Å²) in [6.45, 7) is 4.24. The van der Waals surface area contributed by atoms with Gasteiger partial charge in [-0.1, -0.05) is 24.3 Å². The number of carbonyl (C=O) groups excluding carboxylic acids is 2. The molecule has 0 aliphatic carbocycles. The number of piperidine rings is 1. The van der Waals surface area contributed by atoms with Crippen molar-refractivity contribution in [2.75, 3.05) is 31.1 Å². The van der Waals surface area contributed by atoms with Crippen LogP contribution in [0, 0.1) is 5.92 Å². The number of anilines is 1. The Morgan fingerprint density at radius 1 is 1.10 bits per heavy atom. The second-order valence-electron chi connectivity index (χ2n) is 8.00. The molecule has 2 fully saturated rings. The molecule has 1 unspecified atom stereocenters. The smallest absolute Gasteiger partial charge is 0.228 e. The Balaban J connectivity index is 1.38. The molecule has 2 amide bonds. The van der Waals surface area contributed by atoms with Crippen LogP contribution in [0.2, 0.25) is 0 Å². The van der Waals surface area contributed by atoms with Gasteiger partial charge in [-0.15, -0.1) is 0 Å². The second kappa shape index (κ2) is 8.78. The standard InChI is InChI=1S/C24H28N2O4/c1-2-30-22-6-4-3-5-21(22)26-16-19(15-23(26)28)24(29)25-13-11-18(12-14-25)17-7-9-20(27)10-8-17/h3-10,18-19,27H,2,11-16H2,1H3. The summed E-state index contributed by atoms with van der Waals surface area (Å²) in [6, 6.07) is 14.8. The van der Waals surface area contributed by atoms with E-state index < -0.39 is 0 Å². The molecule has 6 heteroatoms. The summed E-state index contributed by atoms with van der Waals surface area (Å²) in [5, 5.41) is 9.47. The molecule has 6 nitrogen and oxygen atoms in total. The number of likely N-dealkylation sites (tertiary alicyclic amines) is 1. The van der Waals surface area contributed by atoms with Crippen LogP contribution in [0.1, 0.15) is 37.7 Å². The number of aromatic hydroxyl groups is 1. The monoisotopic (exact) mass is 408 g/mol.